The molecule has 0 fully saturated rings. The average Bonchev–Trinajstić information content (AvgIpc) is 3.20. The number of aromatic nitrogens is 4. The molecule has 0 radical (unpaired) electrons. The molecule has 34 heavy (non-hydrogen) atoms. The number of aryl methyl sites for hydroxylation is 1. The van der Waals surface area contributed by atoms with Gasteiger partial charge in [-0.25, -0.2) is 29.9 Å². The fraction of sp³-hybridized carbons (Fsp3) is 0.200. The van der Waals surface area contributed by atoms with Gasteiger partial charge in [-0.3, -0.25) is 9.59 Å². The van der Waals surface area contributed by atoms with E-state index in [0.29, 0.717) is 10.2 Å². The Hall–Kier alpha value is -3.22. The SMILES string of the molecule is CCN(NC(=O)OC)C(=O)c1nc(Cl)cc(C)c1NC(=O)c1cc(Br)nn1-c1ncccc1Cl. The van der Waals surface area contributed by atoms with Gasteiger partial charge in [0.1, 0.15) is 15.5 Å². The number of rotatable bonds is 5. The van der Waals surface area contributed by atoms with Crippen LogP contribution in [0, 0.1) is 6.92 Å². The van der Waals surface area contributed by atoms with E-state index >= 15 is 0 Å². The number of nitrogens with one attached hydrogen (secondary N) is 2. The molecule has 178 valence electrons. The largest absolute Gasteiger partial charge is 0.452 e. The van der Waals surface area contributed by atoms with E-state index in [1.165, 1.54) is 23.0 Å². The van der Waals surface area contributed by atoms with E-state index in [1.807, 2.05) is 0 Å². The van der Waals surface area contributed by atoms with Crippen LogP contribution in [0.4, 0.5) is 10.5 Å². The Morgan fingerprint density at radius 1 is 1.26 bits per heavy atom. The topological polar surface area (TPSA) is 131 Å². The predicted molar refractivity (Wildman–Crippen MR) is 128 cm³/mol. The lowest BCUT2D eigenvalue weighted by molar-refractivity contribution is 0.0639. The number of hydrogen-bond acceptors (Lipinski definition) is 7. The summed E-state index contributed by atoms with van der Waals surface area (Å²) in [6.07, 6.45) is 0.663. The van der Waals surface area contributed by atoms with Crippen LogP contribution in [0.2, 0.25) is 10.2 Å². The van der Waals surface area contributed by atoms with Crippen LogP contribution in [0.25, 0.3) is 5.82 Å². The lowest BCUT2D eigenvalue weighted by Crippen LogP contribution is -2.46. The zero-order chi connectivity index (χ0) is 25.0. The third kappa shape index (κ3) is 5.46. The highest BCUT2D eigenvalue weighted by molar-refractivity contribution is 9.10. The summed E-state index contributed by atoms with van der Waals surface area (Å²) in [7, 11) is 1.16. The third-order valence-corrected chi connectivity index (χ3v) is 5.33. The van der Waals surface area contributed by atoms with Gasteiger partial charge >= 0.3 is 6.09 Å². The average molecular weight is 571 g/mol. The fourth-order valence-electron chi connectivity index (χ4n) is 2.89. The van der Waals surface area contributed by atoms with Crippen molar-refractivity contribution in [1.82, 2.24) is 30.2 Å². The van der Waals surface area contributed by atoms with Crippen LogP contribution in [0.1, 0.15) is 33.5 Å². The summed E-state index contributed by atoms with van der Waals surface area (Å²) >= 11 is 15.6. The minimum Gasteiger partial charge on any atom is -0.452 e. The number of ether oxygens (including phenoxy) is 1. The monoisotopic (exact) mass is 569 g/mol. The maximum atomic E-state index is 13.3. The molecule has 0 aliphatic carbocycles. The Balaban J connectivity index is 2.02. The highest BCUT2D eigenvalue weighted by Gasteiger charge is 2.26. The number of pyridine rings is 2. The molecule has 3 rings (SSSR count). The summed E-state index contributed by atoms with van der Waals surface area (Å²) < 4.78 is 6.17. The zero-order valence-corrected chi connectivity index (χ0v) is 21.2. The molecule has 0 aliphatic heterocycles. The molecule has 0 saturated carbocycles. The molecule has 3 heterocycles. The number of anilines is 1. The first-order chi connectivity index (χ1) is 16.2. The molecule has 0 aliphatic rings. The van der Waals surface area contributed by atoms with Crippen molar-refractivity contribution < 1.29 is 19.1 Å². The van der Waals surface area contributed by atoms with E-state index < -0.39 is 17.9 Å². The van der Waals surface area contributed by atoms with Gasteiger partial charge < -0.3 is 10.1 Å². The Morgan fingerprint density at radius 2 is 2.00 bits per heavy atom. The molecule has 2 N–H and O–H groups in total. The number of hydrazine groups is 1. The summed E-state index contributed by atoms with van der Waals surface area (Å²) in [6, 6.07) is 6.21. The molecule has 3 aromatic heterocycles. The molecule has 0 bridgehead atoms. The number of halogens is 3. The molecule has 0 unspecified atom stereocenters. The highest BCUT2D eigenvalue weighted by Crippen LogP contribution is 2.26. The summed E-state index contributed by atoms with van der Waals surface area (Å²) in [5.41, 5.74) is 2.75. The smallest absolute Gasteiger partial charge is 0.425 e. The van der Waals surface area contributed by atoms with E-state index in [4.69, 9.17) is 23.2 Å². The normalized spacial score (nSPS) is 10.5. The van der Waals surface area contributed by atoms with Crippen molar-refractivity contribution in [2.24, 2.45) is 0 Å². The van der Waals surface area contributed by atoms with Gasteiger partial charge in [0.25, 0.3) is 11.8 Å². The van der Waals surface area contributed by atoms with Crippen LogP contribution in [0.3, 0.4) is 0 Å². The second-order valence-electron chi connectivity index (χ2n) is 6.67. The molecule has 0 aromatic carbocycles. The van der Waals surface area contributed by atoms with Crippen molar-refractivity contribution in [3.8, 4) is 5.82 Å². The van der Waals surface area contributed by atoms with Crippen LogP contribution in [0.15, 0.2) is 35.1 Å². The summed E-state index contributed by atoms with van der Waals surface area (Å²) in [4.78, 5) is 46.3. The molecule has 3 amide bonds. The molecular formula is C20H18BrCl2N7O4. The predicted octanol–water partition coefficient (Wildman–Crippen LogP) is 4.03. The Bertz CT molecular complexity index is 1270. The highest BCUT2D eigenvalue weighted by atomic mass is 79.9. The third-order valence-electron chi connectivity index (χ3n) is 4.45. The van der Waals surface area contributed by atoms with Crippen LogP contribution >= 0.6 is 39.1 Å². The van der Waals surface area contributed by atoms with Gasteiger partial charge in [-0.15, -0.1) is 0 Å². The number of methoxy groups -OCH3 is 1. The maximum absolute atomic E-state index is 13.3. The van der Waals surface area contributed by atoms with Gasteiger partial charge in [0.2, 0.25) is 0 Å². The molecule has 0 atom stereocenters. The van der Waals surface area contributed by atoms with Crippen LogP contribution in [-0.4, -0.2) is 56.3 Å². The second-order valence-corrected chi connectivity index (χ2v) is 8.27. The van der Waals surface area contributed by atoms with Crippen LogP contribution < -0.4 is 10.7 Å². The number of hydrogen-bond donors (Lipinski definition) is 2. The first kappa shape index (κ1) is 25.4. The molecule has 14 heteroatoms. The van der Waals surface area contributed by atoms with E-state index in [2.05, 4.69) is 46.5 Å². The van der Waals surface area contributed by atoms with Gasteiger partial charge in [-0.2, -0.15) is 5.10 Å². The van der Waals surface area contributed by atoms with Crippen molar-refractivity contribution in [1.29, 1.82) is 0 Å². The molecular weight excluding hydrogens is 553 g/mol. The lowest BCUT2D eigenvalue weighted by atomic mass is 10.1. The van der Waals surface area contributed by atoms with Gasteiger partial charge in [-0.1, -0.05) is 23.2 Å². The quantitative estimate of drug-likeness (QED) is 0.350. The Kier molecular flexibility index (Phi) is 8.07. The fourth-order valence-corrected chi connectivity index (χ4v) is 3.71. The minimum absolute atomic E-state index is 0.0287. The van der Waals surface area contributed by atoms with Gasteiger partial charge in [0.15, 0.2) is 11.5 Å². The van der Waals surface area contributed by atoms with Crippen molar-refractivity contribution in [2.45, 2.75) is 13.8 Å². The van der Waals surface area contributed by atoms with Crippen molar-refractivity contribution >= 4 is 62.7 Å². The van der Waals surface area contributed by atoms with Crippen molar-refractivity contribution in [3.63, 3.8) is 0 Å². The molecule has 11 nitrogen and oxygen atoms in total. The van der Waals surface area contributed by atoms with E-state index in [1.54, 1.807) is 26.0 Å². The number of amides is 3. The summed E-state index contributed by atoms with van der Waals surface area (Å²) in [5, 5.41) is 8.21. The standard InChI is InChI=1S/C20H18BrCl2N7O4/c1-4-29(28-20(33)34-3)19(32)16-15(10(2)8-14(23)25-16)26-18(31)12-9-13(21)27-30(12)17-11(22)6-5-7-24-17/h5-9H,4H2,1-3H3,(H,26,31)(H,28,33). The van der Waals surface area contributed by atoms with Crippen molar-refractivity contribution in [3.05, 3.63) is 62.2 Å². The Morgan fingerprint density at radius 3 is 2.65 bits per heavy atom. The van der Waals surface area contributed by atoms with Crippen LogP contribution in [0.5, 0.6) is 0 Å². The number of carbonyl (C=O) groups is 3. The van der Waals surface area contributed by atoms with Crippen molar-refractivity contribution in [2.75, 3.05) is 19.0 Å². The van der Waals surface area contributed by atoms with Gasteiger partial charge in [-0.05, 0) is 53.5 Å². The minimum atomic E-state index is -0.847. The first-order valence-electron chi connectivity index (χ1n) is 9.67. The molecule has 0 saturated heterocycles. The molecule has 3 aromatic rings. The van der Waals surface area contributed by atoms with E-state index in [0.717, 1.165) is 12.1 Å². The molecule has 0 spiro atoms. The first-order valence-corrected chi connectivity index (χ1v) is 11.2. The summed E-state index contributed by atoms with van der Waals surface area (Å²) in [5.74, 6) is -1.09. The summed E-state index contributed by atoms with van der Waals surface area (Å²) in [6.45, 7) is 3.37. The van der Waals surface area contributed by atoms with E-state index in [9.17, 15) is 14.4 Å². The van der Waals surface area contributed by atoms with Crippen LogP contribution in [-0.2, 0) is 4.74 Å². The van der Waals surface area contributed by atoms with Gasteiger partial charge in [0, 0.05) is 18.8 Å². The van der Waals surface area contributed by atoms with E-state index in [-0.39, 0.29) is 39.6 Å². The van der Waals surface area contributed by atoms with Gasteiger partial charge in [0.05, 0.1) is 17.8 Å². The maximum Gasteiger partial charge on any atom is 0.425 e. The zero-order valence-electron chi connectivity index (χ0n) is 18.1. The second kappa shape index (κ2) is 10.8. The Labute approximate surface area is 212 Å². The lowest BCUT2D eigenvalue weighted by Gasteiger charge is -2.22. The number of carbonyl (C=O) groups excluding carboxylic acids is 3. The number of nitrogens with zero attached hydrogens (tertiary/aromatic N) is 5.